The highest BCUT2D eigenvalue weighted by Gasteiger charge is 2.45. The van der Waals surface area contributed by atoms with Gasteiger partial charge in [-0.05, 0) is 46.2 Å². The van der Waals surface area contributed by atoms with E-state index in [1.807, 2.05) is 0 Å². The average Bonchev–Trinajstić information content (AvgIpc) is 2.46. The normalized spacial score (nSPS) is 24.6. The van der Waals surface area contributed by atoms with E-state index in [2.05, 4.69) is 38.0 Å². The zero-order valence-electron chi connectivity index (χ0n) is 12.6. The van der Waals surface area contributed by atoms with Gasteiger partial charge in [-0.2, -0.15) is 0 Å². The van der Waals surface area contributed by atoms with Crippen LogP contribution in [0.1, 0.15) is 34.1 Å². The third-order valence-electron chi connectivity index (χ3n) is 3.53. The molecule has 0 radical (unpaired) electrons. The Balaban J connectivity index is 2.15. The van der Waals surface area contributed by atoms with Gasteiger partial charge in [-0.1, -0.05) is 0 Å². The Bertz CT molecular complexity index is 591. The van der Waals surface area contributed by atoms with Crippen LogP contribution in [-0.4, -0.2) is 36.9 Å². The molecule has 0 bridgehead atoms. The summed E-state index contributed by atoms with van der Waals surface area (Å²) in [5, 5.41) is 3.47. The summed E-state index contributed by atoms with van der Waals surface area (Å²) < 4.78 is 28.8. The van der Waals surface area contributed by atoms with Gasteiger partial charge in [0.1, 0.15) is 0 Å². The summed E-state index contributed by atoms with van der Waals surface area (Å²) in [5.41, 5.74) is 0.358. The van der Waals surface area contributed by atoms with E-state index in [-0.39, 0.29) is 22.3 Å². The van der Waals surface area contributed by atoms with Crippen molar-refractivity contribution in [1.82, 2.24) is 4.98 Å². The molecule has 0 spiro atoms. The van der Waals surface area contributed by atoms with Gasteiger partial charge in [0.15, 0.2) is 14.9 Å². The second-order valence-electron chi connectivity index (χ2n) is 6.52. The molecule has 2 rings (SSSR count). The van der Waals surface area contributed by atoms with Crippen LogP contribution in [0.25, 0.3) is 0 Å². The highest BCUT2D eigenvalue weighted by Crippen LogP contribution is 2.38. The minimum Gasteiger partial charge on any atom is -0.378 e. The molecule has 1 atom stereocenters. The van der Waals surface area contributed by atoms with Crippen LogP contribution in [0, 0.1) is 0 Å². The lowest BCUT2D eigenvalue weighted by atomic mass is 9.94. The van der Waals surface area contributed by atoms with Crippen LogP contribution in [0.4, 0.5) is 5.69 Å². The molecule has 1 fully saturated rings. The Morgan fingerprint density at radius 3 is 2.35 bits per heavy atom. The Hall–Kier alpha value is -1.14. The largest absolute Gasteiger partial charge is 0.378 e. The van der Waals surface area contributed by atoms with Crippen LogP contribution in [0.3, 0.4) is 0 Å². The molecule has 6 heteroatoms. The number of rotatable bonds is 3. The van der Waals surface area contributed by atoms with Crippen LogP contribution in [0.15, 0.2) is 23.4 Å². The molecule has 0 aromatic carbocycles. The van der Waals surface area contributed by atoms with E-state index in [0.29, 0.717) is 0 Å². The standard InChI is InChI=1S/C14H22N2O3S/c1-13(2)8-11(14(3,4)19-13)16-10-6-7-12(15-9-10)20(5,17)18/h6-7,9,11,16H,8H2,1-5H3. The van der Waals surface area contributed by atoms with E-state index in [9.17, 15) is 8.42 Å². The van der Waals surface area contributed by atoms with E-state index in [1.54, 1.807) is 12.3 Å². The topological polar surface area (TPSA) is 68.3 Å². The maximum Gasteiger partial charge on any atom is 0.192 e. The average molecular weight is 298 g/mol. The molecule has 1 aliphatic heterocycles. The molecule has 5 nitrogen and oxygen atoms in total. The van der Waals surface area contributed by atoms with Gasteiger partial charge in [-0.3, -0.25) is 0 Å². The number of hydrogen-bond acceptors (Lipinski definition) is 5. The molecule has 0 aliphatic carbocycles. The molecule has 1 aliphatic rings. The molecular weight excluding hydrogens is 276 g/mol. The number of sulfone groups is 1. The molecule has 20 heavy (non-hydrogen) atoms. The summed E-state index contributed by atoms with van der Waals surface area (Å²) in [6, 6.07) is 3.42. The predicted molar refractivity (Wildman–Crippen MR) is 78.6 cm³/mol. The number of hydrogen-bond donors (Lipinski definition) is 1. The molecule has 1 N–H and O–H groups in total. The number of nitrogens with one attached hydrogen (secondary N) is 1. The number of aromatic nitrogens is 1. The van der Waals surface area contributed by atoms with Gasteiger partial charge in [-0.25, -0.2) is 13.4 Å². The Labute approximate surface area is 120 Å². The number of anilines is 1. The molecule has 1 aromatic heterocycles. The fourth-order valence-electron chi connectivity index (χ4n) is 2.67. The second-order valence-corrected chi connectivity index (χ2v) is 8.49. The van der Waals surface area contributed by atoms with Gasteiger partial charge in [0.05, 0.1) is 29.1 Å². The van der Waals surface area contributed by atoms with Crippen LogP contribution in [0.2, 0.25) is 0 Å². The number of pyridine rings is 1. The van der Waals surface area contributed by atoms with Crippen LogP contribution >= 0.6 is 0 Å². The maximum absolute atomic E-state index is 11.4. The van der Waals surface area contributed by atoms with E-state index in [1.165, 1.54) is 6.07 Å². The lowest BCUT2D eigenvalue weighted by Crippen LogP contribution is -2.38. The molecule has 0 saturated carbocycles. The van der Waals surface area contributed by atoms with Crippen molar-refractivity contribution in [3.05, 3.63) is 18.3 Å². The Morgan fingerprint density at radius 1 is 1.30 bits per heavy atom. The quantitative estimate of drug-likeness (QED) is 0.927. The van der Waals surface area contributed by atoms with Gasteiger partial charge in [0, 0.05) is 6.26 Å². The maximum atomic E-state index is 11.4. The van der Waals surface area contributed by atoms with E-state index in [0.717, 1.165) is 18.4 Å². The van der Waals surface area contributed by atoms with Gasteiger partial charge in [0.25, 0.3) is 0 Å². The first kappa shape index (κ1) is 15.3. The summed E-state index contributed by atoms with van der Waals surface area (Å²) in [7, 11) is -3.25. The van der Waals surface area contributed by atoms with Gasteiger partial charge in [0.2, 0.25) is 0 Å². The molecule has 1 aromatic rings. The van der Waals surface area contributed by atoms with Crippen molar-refractivity contribution in [3.63, 3.8) is 0 Å². The predicted octanol–water partition coefficient (Wildman–Crippen LogP) is 2.24. The Kier molecular flexibility index (Phi) is 3.59. The van der Waals surface area contributed by atoms with Crippen molar-refractivity contribution in [1.29, 1.82) is 0 Å². The first-order chi connectivity index (χ1) is 9.00. The summed E-state index contributed by atoms with van der Waals surface area (Å²) in [5.74, 6) is 0. The summed E-state index contributed by atoms with van der Waals surface area (Å²) in [6.45, 7) is 8.25. The third-order valence-corrected chi connectivity index (χ3v) is 4.53. The molecule has 1 saturated heterocycles. The van der Waals surface area contributed by atoms with Gasteiger partial charge in [-0.15, -0.1) is 0 Å². The van der Waals surface area contributed by atoms with Crippen molar-refractivity contribution >= 4 is 15.5 Å². The SMILES string of the molecule is CC1(C)CC(Nc2ccc(S(C)(=O)=O)nc2)C(C)(C)O1. The van der Waals surface area contributed by atoms with Crippen molar-refractivity contribution in [2.45, 2.75) is 56.4 Å². The zero-order chi connectivity index (χ0) is 15.2. The number of ether oxygens (including phenoxy) is 1. The van der Waals surface area contributed by atoms with Gasteiger partial charge >= 0.3 is 0 Å². The van der Waals surface area contributed by atoms with Crippen LogP contribution in [-0.2, 0) is 14.6 Å². The van der Waals surface area contributed by atoms with Crippen molar-refractivity contribution < 1.29 is 13.2 Å². The lowest BCUT2D eigenvalue weighted by molar-refractivity contribution is -0.0662. The first-order valence-electron chi connectivity index (χ1n) is 6.62. The molecule has 1 unspecified atom stereocenters. The third kappa shape index (κ3) is 3.30. The summed E-state index contributed by atoms with van der Waals surface area (Å²) in [4.78, 5) is 3.98. The fourth-order valence-corrected chi connectivity index (χ4v) is 3.23. The second kappa shape index (κ2) is 4.70. The highest BCUT2D eigenvalue weighted by atomic mass is 32.2. The van der Waals surface area contributed by atoms with Crippen molar-refractivity contribution in [2.24, 2.45) is 0 Å². The van der Waals surface area contributed by atoms with Crippen LogP contribution in [0.5, 0.6) is 0 Å². The van der Waals surface area contributed by atoms with Crippen molar-refractivity contribution in [2.75, 3.05) is 11.6 Å². The van der Waals surface area contributed by atoms with E-state index in [4.69, 9.17) is 4.74 Å². The smallest absolute Gasteiger partial charge is 0.192 e. The van der Waals surface area contributed by atoms with E-state index >= 15 is 0 Å². The molecule has 2 heterocycles. The molecular formula is C14H22N2O3S. The first-order valence-corrected chi connectivity index (χ1v) is 8.52. The summed E-state index contributed by atoms with van der Waals surface area (Å²) >= 11 is 0. The molecule has 0 amide bonds. The summed E-state index contributed by atoms with van der Waals surface area (Å²) in [6.07, 6.45) is 3.59. The number of nitrogens with zero attached hydrogens (tertiary/aromatic N) is 1. The monoisotopic (exact) mass is 298 g/mol. The highest BCUT2D eigenvalue weighted by molar-refractivity contribution is 7.90. The zero-order valence-corrected chi connectivity index (χ0v) is 13.4. The minimum atomic E-state index is -3.25. The minimum absolute atomic E-state index is 0.0883. The Morgan fingerprint density at radius 2 is 1.95 bits per heavy atom. The molecule has 112 valence electrons. The lowest BCUT2D eigenvalue weighted by Gasteiger charge is -2.28. The fraction of sp³-hybridized carbons (Fsp3) is 0.643. The van der Waals surface area contributed by atoms with Crippen molar-refractivity contribution in [3.8, 4) is 0 Å². The van der Waals surface area contributed by atoms with Crippen LogP contribution < -0.4 is 5.32 Å². The van der Waals surface area contributed by atoms with Gasteiger partial charge < -0.3 is 10.1 Å². The van der Waals surface area contributed by atoms with E-state index < -0.39 is 9.84 Å².